The van der Waals surface area contributed by atoms with Crippen LogP contribution in [-0.4, -0.2) is 42.3 Å². The van der Waals surface area contributed by atoms with Gasteiger partial charge >= 0.3 is 5.97 Å². The number of ether oxygens (including phenoxy) is 1. The molecule has 1 unspecified atom stereocenters. The van der Waals surface area contributed by atoms with Crippen molar-refractivity contribution in [3.05, 3.63) is 34.9 Å². The number of carbonyl (C=O) groups is 1. The molecule has 0 bridgehead atoms. The van der Waals surface area contributed by atoms with Gasteiger partial charge in [0, 0.05) is 13.1 Å². The minimum atomic E-state index is -0.766. The smallest absolute Gasteiger partial charge is 0.305 e. The second-order valence-corrected chi connectivity index (χ2v) is 5.74. The molecule has 4 heteroatoms. The lowest BCUT2D eigenvalue weighted by molar-refractivity contribution is -0.141. The summed E-state index contributed by atoms with van der Waals surface area (Å²) in [6, 6.07) is 6.25. The number of nitrogens with zero attached hydrogens (tertiary/aromatic N) is 1. The van der Waals surface area contributed by atoms with Gasteiger partial charge in [0.2, 0.25) is 0 Å². The molecule has 0 spiro atoms. The number of carboxylic acid groups (broad SMARTS) is 1. The fourth-order valence-electron chi connectivity index (χ4n) is 2.82. The molecule has 0 aliphatic carbocycles. The number of hydrogen-bond acceptors (Lipinski definition) is 3. The molecule has 4 nitrogen and oxygen atoms in total. The van der Waals surface area contributed by atoms with Gasteiger partial charge in [-0.15, -0.1) is 0 Å². The predicted octanol–water partition coefficient (Wildman–Crippen LogP) is 2.33. The van der Waals surface area contributed by atoms with Gasteiger partial charge in [-0.3, -0.25) is 9.69 Å². The molecule has 1 aromatic carbocycles. The fourth-order valence-corrected chi connectivity index (χ4v) is 2.82. The third kappa shape index (κ3) is 3.02. The normalized spacial score (nSPS) is 19.6. The lowest BCUT2D eigenvalue weighted by atomic mass is 9.85. The van der Waals surface area contributed by atoms with Crippen LogP contribution in [0.5, 0.6) is 0 Å². The molecule has 1 fully saturated rings. The van der Waals surface area contributed by atoms with Gasteiger partial charge in [0.15, 0.2) is 0 Å². The van der Waals surface area contributed by atoms with E-state index in [0.29, 0.717) is 13.2 Å². The topological polar surface area (TPSA) is 49.8 Å². The number of benzene rings is 1. The molecule has 2 rings (SSSR count). The van der Waals surface area contributed by atoms with Crippen molar-refractivity contribution in [2.45, 2.75) is 32.7 Å². The molecule has 0 radical (unpaired) electrons. The molecule has 1 aromatic rings. The lowest BCUT2D eigenvalue weighted by Gasteiger charge is -2.43. The highest BCUT2D eigenvalue weighted by Gasteiger charge is 2.37. The highest BCUT2D eigenvalue weighted by Crippen LogP contribution is 2.33. The van der Waals surface area contributed by atoms with Crippen LogP contribution in [0.2, 0.25) is 0 Å². The van der Waals surface area contributed by atoms with Gasteiger partial charge in [-0.2, -0.15) is 0 Å². The summed E-state index contributed by atoms with van der Waals surface area (Å²) >= 11 is 0. The van der Waals surface area contributed by atoms with Crippen molar-refractivity contribution in [2.24, 2.45) is 0 Å². The van der Waals surface area contributed by atoms with Crippen LogP contribution >= 0.6 is 0 Å². The Labute approximate surface area is 120 Å². The lowest BCUT2D eigenvalue weighted by Crippen LogP contribution is -2.50. The van der Waals surface area contributed by atoms with E-state index in [4.69, 9.17) is 4.74 Å². The Balaban J connectivity index is 2.38. The van der Waals surface area contributed by atoms with E-state index in [1.807, 2.05) is 6.92 Å². The summed E-state index contributed by atoms with van der Waals surface area (Å²) < 4.78 is 5.39. The Bertz CT molecular complexity index is 494. The van der Waals surface area contributed by atoms with Crippen LogP contribution in [0.1, 0.15) is 30.0 Å². The van der Waals surface area contributed by atoms with Gasteiger partial charge < -0.3 is 9.84 Å². The summed E-state index contributed by atoms with van der Waals surface area (Å²) in [5.41, 5.74) is 3.03. The van der Waals surface area contributed by atoms with E-state index in [2.05, 4.69) is 36.9 Å². The van der Waals surface area contributed by atoms with E-state index < -0.39 is 11.5 Å². The number of aryl methyl sites for hydroxylation is 2. The van der Waals surface area contributed by atoms with Crippen LogP contribution < -0.4 is 0 Å². The summed E-state index contributed by atoms with van der Waals surface area (Å²) in [5, 5.41) is 9.31. The zero-order valence-electron chi connectivity index (χ0n) is 12.5. The van der Waals surface area contributed by atoms with Gasteiger partial charge in [-0.05, 0) is 37.5 Å². The third-order valence-corrected chi connectivity index (χ3v) is 4.33. The minimum Gasteiger partial charge on any atom is -0.481 e. The van der Waals surface area contributed by atoms with E-state index >= 15 is 0 Å². The molecule has 0 amide bonds. The number of morpholine rings is 1. The fraction of sp³-hybridized carbons (Fsp3) is 0.562. The van der Waals surface area contributed by atoms with Gasteiger partial charge in [0.05, 0.1) is 25.2 Å². The van der Waals surface area contributed by atoms with Crippen LogP contribution in [-0.2, 0) is 15.1 Å². The Kier molecular flexibility index (Phi) is 4.45. The average molecular weight is 277 g/mol. The van der Waals surface area contributed by atoms with Crippen molar-refractivity contribution in [3.8, 4) is 0 Å². The van der Waals surface area contributed by atoms with Crippen LogP contribution in [0.4, 0.5) is 0 Å². The van der Waals surface area contributed by atoms with E-state index in [0.717, 1.165) is 18.7 Å². The SMILES string of the molecule is Cc1ccc(C(C)(CC(=O)O)N2CCOCC2)cc1C. The summed E-state index contributed by atoms with van der Waals surface area (Å²) in [4.78, 5) is 13.6. The zero-order chi connectivity index (χ0) is 14.8. The number of aliphatic carboxylic acids is 1. The van der Waals surface area contributed by atoms with Crippen LogP contribution in [0.15, 0.2) is 18.2 Å². The first kappa shape index (κ1) is 15.0. The molecule has 20 heavy (non-hydrogen) atoms. The largest absolute Gasteiger partial charge is 0.481 e. The van der Waals surface area contributed by atoms with Crippen molar-refractivity contribution in [1.82, 2.24) is 4.90 Å². The quantitative estimate of drug-likeness (QED) is 0.917. The molecule has 1 aliphatic heterocycles. The maximum atomic E-state index is 11.3. The predicted molar refractivity (Wildman–Crippen MR) is 77.9 cm³/mol. The highest BCUT2D eigenvalue weighted by atomic mass is 16.5. The molecule has 0 saturated carbocycles. The first-order valence-corrected chi connectivity index (χ1v) is 7.06. The molecule has 1 N–H and O–H groups in total. The summed E-state index contributed by atoms with van der Waals surface area (Å²) in [5.74, 6) is -0.766. The minimum absolute atomic E-state index is 0.107. The standard InChI is InChI=1S/C16H23NO3/c1-12-4-5-14(10-13(12)2)16(3,11-15(18)19)17-6-8-20-9-7-17/h4-5,10H,6-9,11H2,1-3H3,(H,18,19). The maximum absolute atomic E-state index is 11.3. The van der Waals surface area contributed by atoms with E-state index in [1.165, 1.54) is 11.1 Å². The third-order valence-electron chi connectivity index (χ3n) is 4.33. The second-order valence-electron chi connectivity index (χ2n) is 5.74. The van der Waals surface area contributed by atoms with Gasteiger partial charge in [0.25, 0.3) is 0 Å². The Morgan fingerprint density at radius 3 is 2.50 bits per heavy atom. The summed E-state index contributed by atoms with van der Waals surface area (Å²) in [7, 11) is 0. The highest BCUT2D eigenvalue weighted by molar-refractivity contribution is 5.69. The number of hydrogen-bond donors (Lipinski definition) is 1. The number of carboxylic acids is 1. The molecule has 0 aromatic heterocycles. The van der Waals surface area contributed by atoms with Gasteiger partial charge in [0.1, 0.15) is 0 Å². The Morgan fingerprint density at radius 1 is 1.30 bits per heavy atom. The zero-order valence-corrected chi connectivity index (χ0v) is 12.5. The molecule has 1 aliphatic rings. The Morgan fingerprint density at radius 2 is 1.95 bits per heavy atom. The van der Waals surface area contributed by atoms with Crippen molar-refractivity contribution in [3.63, 3.8) is 0 Å². The van der Waals surface area contributed by atoms with Crippen LogP contribution in [0.3, 0.4) is 0 Å². The van der Waals surface area contributed by atoms with Crippen molar-refractivity contribution in [1.29, 1.82) is 0 Å². The Hall–Kier alpha value is -1.39. The first-order valence-electron chi connectivity index (χ1n) is 7.06. The molecule has 1 heterocycles. The van der Waals surface area contributed by atoms with Crippen LogP contribution in [0, 0.1) is 13.8 Å². The second kappa shape index (κ2) is 5.94. The molecule has 110 valence electrons. The van der Waals surface area contributed by atoms with Crippen molar-refractivity contribution < 1.29 is 14.6 Å². The van der Waals surface area contributed by atoms with Crippen molar-refractivity contribution in [2.75, 3.05) is 26.3 Å². The van der Waals surface area contributed by atoms with E-state index in [1.54, 1.807) is 0 Å². The molecule has 1 atom stereocenters. The molecular formula is C16H23NO3. The van der Waals surface area contributed by atoms with E-state index in [-0.39, 0.29) is 6.42 Å². The van der Waals surface area contributed by atoms with Crippen LogP contribution in [0.25, 0.3) is 0 Å². The summed E-state index contributed by atoms with van der Waals surface area (Å²) in [6.07, 6.45) is 0.107. The number of rotatable bonds is 4. The van der Waals surface area contributed by atoms with Gasteiger partial charge in [-0.25, -0.2) is 0 Å². The first-order chi connectivity index (χ1) is 9.43. The molecular weight excluding hydrogens is 254 g/mol. The summed E-state index contributed by atoms with van der Waals surface area (Å²) in [6.45, 7) is 9.05. The van der Waals surface area contributed by atoms with E-state index in [9.17, 15) is 9.90 Å². The van der Waals surface area contributed by atoms with Crippen molar-refractivity contribution >= 4 is 5.97 Å². The average Bonchev–Trinajstić information content (AvgIpc) is 2.42. The monoisotopic (exact) mass is 277 g/mol. The molecule has 1 saturated heterocycles. The van der Waals surface area contributed by atoms with Gasteiger partial charge in [-0.1, -0.05) is 18.2 Å². The maximum Gasteiger partial charge on any atom is 0.305 e.